The maximum atomic E-state index is 12.5. The lowest BCUT2D eigenvalue weighted by Crippen LogP contribution is -2.30. The lowest BCUT2D eigenvalue weighted by Gasteiger charge is -2.22. The maximum absolute atomic E-state index is 12.5. The molecule has 104 valence electrons. The van der Waals surface area contributed by atoms with E-state index in [-0.39, 0.29) is 23.6 Å². The number of esters is 1. The van der Waals surface area contributed by atoms with Crippen molar-refractivity contribution in [1.29, 1.82) is 0 Å². The summed E-state index contributed by atoms with van der Waals surface area (Å²) >= 11 is 0. The van der Waals surface area contributed by atoms with E-state index in [1.165, 1.54) is 0 Å². The monoisotopic (exact) mass is 262 g/mol. The van der Waals surface area contributed by atoms with Crippen LogP contribution >= 0.6 is 0 Å². The van der Waals surface area contributed by atoms with Crippen molar-refractivity contribution >= 4 is 11.8 Å². The minimum absolute atomic E-state index is 0.0306. The molecular weight excluding hydrogens is 240 g/mol. The van der Waals surface area contributed by atoms with Crippen molar-refractivity contribution in [3.8, 4) is 0 Å². The molecule has 0 amide bonds. The van der Waals surface area contributed by atoms with Crippen molar-refractivity contribution in [1.82, 2.24) is 0 Å². The zero-order valence-corrected chi connectivity index (χ0v) is 11.9. The molecule has 0 aliphatic heterocycles. The highest BCUT2D eigenvalue weighted by molar-refractivity contribution is 5.99. The molecule has 2 unspecified atom stereocenters. The largest absolute Gasteiger partial charge is 0.466 e. The molecule has 2 atom stereocenters. The second-order valence-corrected chi connectivity index (χ2v) is 4.51. The van der Waals surface area contributed by atoms with Gasteiger partial charge < -0.3 is 4.74 Å². The number of hydrogen-bond acceptors (Lipinski definition) is 3. The summed E-state index contributed by atoms with van der Waals surface area (Å²) in [5.41, 5.74) is 0.664. The van der Waals surface area contributed by atoms with E-state index in [2.05, 4.69) is 0 Å². The third-order valence-electron chi connectivity index (χ3n) is 3.35. The van der Waals surface area contributed by atoms with Crippen molar-refractivity contribution in [3.63, 3.8) is 0 Å². The zero-order chi connectivity index (χ0) is 14.3. The minimum atomic E-state index is -0.349. The highest BCUT2D eigenvalue weighted by atomic mass is 16.5. The van der Waals surface area contributed by atoms with E-state index in [4.69, 9.17) is 4.74 Å². The van der Waals surface area contributed by atoms with E-state index >= 15 is 0 Å². The highest BCUT2D eigenvalue weighted by Crippen LogP contribution is 2.25. The van der Waals surface area contributed by atoms with E-state index < -0.39 is 0 Å². The first-order valence-electron chi connectivity index (χ1n) is 6.91. The molecule has 0 fully saturated rings. The van der Waals surface area contributed by atoms with E-state index in [1.54, 1.807) is 19.1 Å². The van der Waals surface area contributed by atoms with Crippen LogP contribution in [0, 0.1) is 11.8 Å². The number of hydrogen-bond donors (Lipinski definition) is 0. The van der Waals surface area contributed by atoms with Crippen LogP contribution in [0.15, 0.2) is 30.3 Å². The third-order valence-corrected chi connectivity index (χ3v) is 3.35. The fraction of sp³-hybridized carbons (Fsp3) is 0.500. The van der Waals surface area contributed by atoms with Gasteiger partial charge in [-0.25, -0.2) is 0 Å². The lowest BCUT2D eigenvalue weighted by molar-refractivity contribution is -0.149. The topological polar surface area (TPSA) is 43.4 Å². The van der Waals surface area contributed by atoms with E-state index in [0.717, 1.165) is 0 Å². The quantitative estimate of drug-likeness (QED) is 0.558. The molecule has 0 aliphatic rings. The van der Waals surface area contributed by atoms with Gasteiger partial charge in [-0.1, -0.05) is 44.2 Å². The van der Waals surface area contributed by atoms with Crippen molar-refractivity contribution in [2.45, 2.75) is 33.6 Å². The second-order valence-electron chi connectivity index (χ2n) is 4.51. The molecule has 1 aromatic carbocycles. The van der Waals surface area contributed by atoms with Crippen LogP contribution in [0.3, 0.4) is 0 Å². The Morgan fingerprint density at radius 1 is 1.00 bits per heavy atom. The minimum Gasteiger partial charge on any atom is -0.466 e. The summed E-state index contributed by atoms with van der Waals surface area (Å²) in [4.78, 5) is 24.4. The van der Waals surface area contributed by atoms with Crippen molar-refractivity contribution < 1.29 is 14.3 Å². The second kappa shape index (κ2) is 7.72. The summed E-state index contributed by atoms with van der Waals surface area (Å²) in [6.45, 7) is 5.99. The van der Waals surface area contributed by atoms with Gasteiger partial charge in [0, 0.05) is 11.5 Å². The van der Waals surface area contributed by atoms with Gasteiger partial charge in [-0.05, 0) is 19.8 Å². The number of benzene rings is 1. The molecule has 19 heavy (non-hydrogen) atoms. The van der Waals surface area contributed by atoms with Gasteiger partial charge in [0.15, 0.2) is 5.78 Å². The van der Waals surface area contributed by atoms with Crippen LogP contribution < -0.4 is 0 Å². The van der Waals surface area contributed by atoms with Crippen molar-refractivity contribution in [3.05, 3.63) is 35.9 Å². The van der Waals surface area contributed by atoms with Gasteiger partial charge in [0.1, 0.15) is 0 Å². The van der Waals surface area contributed by atoms with Crippen LogP contribution in [0.25, 0.3) is 0 Å². The molecule has 0 saturated carbocycles. The Labute approximate surface area is 115 Å². The van der Waals surface area contributed by atoms with E-state index in [0.29, 0.717) is 25.0 Å². The first-order valence-corrected chi connectivity index (χ1v) is 6.91. The highest BCUT2D eigenvalue weighted by Gasteiger charge is 2.32. The predicted octanol–water partition coefficient (Wildman–Crippen LogP) is 3.48. The average Bonchev–Trinajstić information content (AvgIpc) is 2.45. The maximum Gasteiger partial charge on any atom is 0.309 e. The van der Waals surface area contributed by atoms with Gasteiger partial charge >= 0.3 is 5.97 Å². The Kier molecular flexibility index (Phi) is 6.26. The number of ether oxygens (including phenoxy) is 1. The van der Waals surface area contributed by atoms with Crippen LogP contribution in [-0.4, -0.2) is 18.4 Å². The van der Waals surface area contributed by atoms with Gasteiger partial charge in [0.25, 0.3) is 0 Å². The van der Waals surface area contributed by atoms with Gasteiger partial charge in [0.2, 0.25) is 0 Å². The fourth-order valence-electron chi connectivity index (χ4n) is 2.33. The summed E-state index contributed by atoms with van der Waals surface area (Å²) in [6.07, 6.45) is 1.26. The molecule has 0 aromatic heterocycles. The van der Waals surface area contributed by atoms with Gasteiger partial charge in [-0.2, -0.15) is 0 Å². The molecule has 3 nitrogen and oxygen atoms in total. The van der Waals surface area contributed by atoms with Crippen LogP contribution in [0.2, 0.25) is 0 Å². The number of rotatable bonds is 7. The number of Topliss-reactive ketones (excluding diaryl/α,β-unsaturated/α-hetero) is 1. The normalized spacial score (nSPS) is 13.6. The average molecular weight is 262 g/mol. The summed E-state index contributed by atoms with van der Waals surface area (Å²) in [7, 11) is 0. The fourth-order valence-corrected chi connectivity index (χ4v) is 2.33. The third kappa shape index (κ3) is 3.91. The standard InChI is InChI=1S/C16H22O3/c1-4-13(14(5-2)16(18)19-6-3)15(17)12-10-8-7-9-11-12/h7-11,13-14H,4-6H2,1-3H3. The molecule has 1 rings (SSSR count). The van der Waals surface area contributed by atoms with Crippen LogP contribution in [0.1, 0.15) is 44.0 Å². The first-order chi connectivity index (χ1) is 9.15. The zero-order valence-electron chi connectivity index (χ0n) is 11.9. The number of carbonyl (C=O) groups is 2. The lowest BCUT2D eigenvalue weighted by atomic mass is 9.82. The Morgan fingerprint density at radius 3 is 2.05 bits per heavy atom. The summed E-state index contributed by atoms with van der Waals surface area (Å²) in [6, 6.07) is 9.14. The van der Waals surface area contributed by atoms with Gasteiger partial charge in [-0.3, -0.25) is 9.59 Å². The van der Waals surface area contributed by atoms with Gasteiger partial charge in [0.05, 0.1) is 12.5 Å². The molecule has 0 bridgehead atoms. The van der Waals surface area contributed by atoms with Crippen LogP contribution in [-0.2, 0) is 9.53 Å². The van der Waals surface area contributed by atoms with Crippen molar-refractivity contribution in [2.24, 2.45) is 11.8 Å². The predicted molar refractivity (Wildman–Crippen MR) is 75.0 cm³/mol. The number of ketones is 1. The summed E-state index contributed by atoms with van der Waals surface area (Å²) in [5, 5.41) is 0. The molecular formula is C16H22O3. The summed E-state index contributed by atoms with van der Waals surface area (Å²) in [5.74, 6) is -0.881. The molecule has 0 heterocycles. The van der Waals surface area contributed by atoms with Crippen LogP contribution in [0.5, 0.6) is 0 Å². The van der Waals surface area contributed by atoms with E-state index in [1.807, 2.05) is 32.0 Å². The molecule has 3 heteroatoms. The Hall–Kier alpha value is -1.64. The molecule has 0 N–H and O–H groups in total. The first kappa shape index (κ1) is 15.4. The number of carbonyl (C=O) groups excluding carboxylic acids is 2. The smallest absolute Gasteiger partial charge is 0.309 e. The SMILES string of the molecule is CCOC(=O)C(CC)C(CC)C(=O)c1ccccc1. The van der Waals surface area contributed by atoms with Crippen molar-refractivity contribution in [2.75, 3.05) is 6.61 Å². The van der Waals surface area contributed by atoms with Crippen LogP contribution in [0.4, 0.5) is 0 Å². The molecule has 0 radical (unpaired) electrons. The molecule has 1 aromatic rings. The summed E-state index contributed by atoms with van der Waals surface area (Å²) < 4.78 is 5.07. The Balaban J connectivity index is 2.92. The molecule has 0 spiro atoms. The van der Waals surface area contributed by atoms with E-state index in [9.17, 15) is 9.59 Å². The molecule has 0 aliphatic carbocycles. The Morgan fingerprint density at radius 2 is 1.58 bits per heavy atom. The molecule has 0 saturated heterocycles. The van der Waals surface area contributed by atoms with Gasteiger partial charge in [-0.15, -0.1) is 0 Å². The Bertz CT molecular complexity index is 411.